The molecule has 0 fully saturated rings. The summed E-state index contributed by atoms with van der Waals surface area (Å²) in [7, 11) is 0. The molecule has 19 heavy (non-hydrogen) atoms. The maximum absolute atomic E-state index is 6.10. The van der Waals surface area contributed by atoms with Crippen LogP contribution >= 0.6 is 11.6 Å². The van der Waals surface area contributed by atoms with Crippen LogP contribution < -0.4 is 5.32 Å². The summed E-state index contributed by atoms with van der Waals surface area (Å²) < 4.78 is 1.69. The van der Waals surface area contributed by atoms with E-state index in [2.05, 4.69) is 34.7 Å². The van der Waals surface area contributed by atoms with Gasteiger partial charge < -0.3 is 5.32 Å². The van der Waals surface area contributed by atoms with Crippen LogP contribution in [0.2, 0.25) is 0 Å². The van der Waals surface area contributed by atoms with Gasteiger partial charge in [-0.3, -0.25) is 0 Å². The standard InChI is InChI=1S/C13H18ClN5/c1-3-13(4-2,10-14)15-12-16-17-18-19(12)11-8-6-5-7-9-11/h5-9H,3-4,10H2,1-2H3,(H,15,16,18). The van der Waals surface area contributed by atoms with Crippen LogP contribution in [0.5, 0.6) is 0 Å². The van der Waals surface area contributed by atoms with Gasteiger partial charge in [-0.05, 0) is 35.4 Å². The fourth-order valence-corrected chi connectivity index (χ4v) is 2.34. The van der Waals surface area contributed by atoms with E-state index in [-0.39, 0.29) is 5.54 Å². The summed E-state index contributed by atoms with van der Waals surface area (Å²) in [5.41, 5.74) is 0.744. The summed E-state index contributed by atoms with van der Waals surface area (Å²) in [6.07, 6.45) is 1.82. The third-order valence-corrected chi connectivity index (χ3v) is 3.97. The zero-order chi connectivity index (χ0) is 13.7. The van der Waals surface area contributed by atoms with E-state index in [0.29, 0.717) is 11.8 Å². The van der Waals surface area contributed by atoms with Gasteiger partial charge in [-0.25, -0.2) is 0 Å². The molecule has 0 aliphatic rings. The minimum Gasteiger partial charge on any atom is -0.346 e. The number of hydrogen-bond donors (Lipinski definition) is 1. The Labute approximate surface area is 118 Å². The van der Waals surface area contributed by atoms with Gasteiger partial charge in [0.25, 0.3) is 0 Å². The third-order valence-electron chi connectivity index (χ3n) is 3.46. The molecule has 5 nitrogen and oxygen atoms in total. The van der Waals surface area contributed by atoms with Gasteiger partial charge in [0.05, 0.1) is 11.2 Å². The number of aromatic nitrogens is 4. The normalized spacial score (nSPS) is 11.5. The lowest BCUT2D eigenvalue weighted by Crippen LogP contribution is -2.40. The number of para-hydroxylation sites is 1. The molecule has 0 aliphatic carbocycles. The van der Waals surface area contributed by atoms with Crippen LogP contribution in [0.1, 0.15) is 26.7 Å². The van der Waals surface area contributed by atoms with Crippen molar-refractivity contribution in [2.45, 2.75) is 32.2 Å². The lowest BCUT2D eigenvalue weighted by molar-refractivity contribution is 0.478. The number of nitrogens with one attached hydrogen (secondary N) is 1. The number of alkyl halides is 1. The highest BCUT2D eigenvalue weighted by atomic mass is 35.5. The monoisotopic (exact) mass is 279 g/mol. The minimum absolute atomic E-state index is 0.178. The topological polar surface area (TPSA) is 55.6 Å². The number of tetrazole rings is 1. The molecule has 0 spiro atoms. The largest absolute Gasteiger partial charge is 0.346 e. The molecular formula is C13H18ClN5. The van der Waals surface area contributed by atoms with E-state index >= 15 is 0 Å². The van der Waals surface area contributed by atoms with E-state index in [4.69, 9.17) is 11.6 Å². The highest BCUT2D eigenvalue weighted by Crippen LogP contribution is 2.23. The van der Waals surface area contributed by atoms with Crippen LogP contribution in [0.25, 0.3) is 5.69 Å². The Morgan fingerprint density at radius 3 is 2.47 bits per heavy atom. The van der Waals surface area contributed by atoms with Crippen LogP contribution in [-0.2, 0) is 0 Å². The molecule has 2 aromatic rings. The number of benzene rings is 1. The Morgan fingerprint density at radius 1 is 1.21 bits per heavy atom. The van der Waals surface area contributed by atoms with Crippen LogP contribution in [0.4, 0.5) is 5.95 Å². The molecule has 0 aliphatic heterocycles. The van der Waals surface area contributed by atoms with E-state index in [9.17, 15) is 0 Å². The maximum atomic E-state index is 6.10. The molecule has 6 heteroatoms. The number of nitrogens with zero attached hydrogens (tertiary/aromatic N) is 4. The summed E-state index contributed by atoms with van der Waals surface area (Å²) in [5, 5.41) is 15.2. The number of hydrogen-bond acceptors (Lipinski definition) is 4. The lowest BCUT2D eigenvalue weighted by Gasteiger charge is -2.30. The second-order valence-corrected chi connectivity index (χ2v) is 4.76. The second-order valence-electron chi connectivity index (χ2n) is 4.50. The van der Waals surface area contributed by atoms with Gasteiger partial charge >= 0.3 is 0 Å². The van der Waals surface area contributed by atoms with E-state index in [1.807, 2.05) is 30.3 Å². The van der Waals surface area contributed by atoms with Gasteiger partial charge in [0.1, 0.15) is 0 Å². The molecular weight excluding hydrogens is 262 g/mol. The van der Waals surface area contributed by atoms with Crippen LogP contribution in [0, 0.1) is 0 Å². The summed E-state index contributed by atoms with van der Waals surface area (Å²) in [4.78, 5) is 0. The van der Waals surface area contributed by atoms with E-state index in [0.717, 1.165) is 18.5 Å². The van der Waals surface area contributed by atoms with Crippen molar-refractivity contribution < 1.29 is 0 Å². The lowest BCUT2D eigenvalue weighted by atomic mass is 9.95. The molecule has 0 atom stereocenters. The molecule has 0 radical (unpaired) electrons. The van der Waals surface area contributed by atoms with Crippen molar-refractivity contribution in [1.82, 2.24) is 20.2 Å². The highest BCUT2D eigenvalue weighted by molar-refractivity contribution is 6.18. The fraction of sp³-hybridized carbons (Fsp3) is 0.462. The first-order chi connectivity index (χ1) is 9.24. The summed E-state index contributed by atoms with van der Waals surface area (Å²) in [5.74, 6) is 1.14. The van der Waals surface area contributed by atoms with Crippen molar-refractivity contribution >= 4 is 17.5 Å². The molecule has 0 bridgehead atoms. The Morgan fingerprint density at radius 2 is 1.89 bits per heavy atom. The minimum atomic E-state index is -0.178. The van der Waals surface area contributed by atoms with Crippen molar-refractivity contribution in [3.8, 4) is 5.69 Å². The molecule has 1 aromatic heterocycles. The van der Waals surface area contributed by atoms with Crippen molar-refractivity contribution in [3.05, 3.63) is 30.3 Å². The van der Waals surface area contributed by atoms with Gasteiger partial charge in [0.15, 0.2) is 0 Å². The summed E-state index contributed by atoms with van der Waals surface area (Å²) >= 11 is 6.10. The molecule has 2 rings (SSSR count). The van der Waals surface area contributed by atoms with Crippen LogP contribution in [0.15, 0.2) is 30.3 Å². The zero-order valence-electron chi connectivity index (χ0n) is 11.2. The van der Waals surface area contributed by atoms with Gasteiger partial charge in [0, 0.05) is 5.88 Å². The Bertz CT molecular complexity index is 498. The maximum Gasteiger partial charge on any atom is 0.248 e. The third kappa shape index (κ3) is 2.87. The predicted octanol–water partition coefficient (Wildman–Crippen LogP) is 2.87. The molecule has 1 N–H and O–H groups in total. The summed E-state index contributed by atoms with van der Waals surface area (Å²) in [6, 6.07) is 9.79. The van der Waals surface area contributed by atoms with Gasteiger partial charge in [-0.1, -0.05) is 37.1 Å². The average Bonchev–Trinajstić information content (AvgIpc) is 2.94. The Kier molecular flexibility index (Phi) is 4.37. The molecule has 0 saturated carbocycles. The molecule has 0 amide bonds. The highest BCUT2D eigenvalue weighted by Gasteiger charge is 2.27. The van der Waals surface area contributed by atoms with E-state index < -0.39 is 0 Å². The van der Waals surface area contributed by atoms with E-state index in [1.54, 1.807) is 4.68 Å². The SMILES string of the molecule is CCC(CC)(CCl)Nc1nnnn1-c1ccccc1. The molecule has 0 unspecified atom stereocenters. The summed E-state index contributed by atoms with van der Waals surface area (Å²) in [6.45, 7) is 4.21. The van der Waals surface area contributed by atoms with Crippen molar-refractivity contribution in [2.75, 3.05) is 11.2 Å². The van der Waals surface area contributed by atoms with E-state index in [1.165, 1.54) is 0 Å². The Hall–Kier alpha value is -1.62. The molecule has 1 aromatic carbocycles. The first-order valence-electron chi connectivity index (χ1n) is 6.42. The first-order valence-corrected chi connectivity index (χ1v) is 6.96. The van der Waals surface area contributed by atoms with Crippen LogP contribution in [-0.4, -0.2) is 31.6 Å². The number of halogens is 1. The van der Waals surface area contributed by atoms with Crippen molar-refractivity contribution in [2.24, 2.45) is 0 Å². The molecule has 1 heterocycles. The van der Waals surface area contributed by atoms with Gasteiger partial charge in [-0.2, -0.15) is 4.68 Å². The zero-order valence-corrected chi connectivity index (χ0v) is 11.9. The van der Waals surface area contributed by atoms with Gasteiger partial charge in [0.2, 0.25) is 5.95 Å². The van der Waals surface area contributed by atoms with Crippen molar-refractivity contribution in [3.63, 3.8) is 0 Å². The average molecular weight is 280 g/mol. The quantitative estimate of drug-likeness (QED) is 0.826. The van der Waals surface area contributed by atoms with Crippen LogP contribution in [0.3, 0.4) is 0 Å². The molecule has 102 valence electrons. The first kappa shape index (κ1) is 13.8. The molecule has 0 saturated heterocycles. The fourth-order valence-electron chi connectivity index (χ4n) is 1.89. The second kappa shape index (κ2) is 6.02. The van der Waals surface area contributed by atoms with Crippen molar-refractivity contribution in [1.29, 1.82) is 0 Å². The Balaban J connectivity index is 2.30. The number of anilines is 1. The number of rotatable bonds is 6. The van der Waals surface area contributed by atoms with Gasteiger partial charge in [-0.15, -0.1) is 11.6 Å². The predicted molar refractivity (Wildman–Crippen MR) is 76.8 cm³/mol. The smallest absolute Gasteiger partial charge is 0.248 e.